The van der Waals surface area contributed by atoms with Gasteiger partial charge < -0.3 is 4.90 Å². The van der Waals surface area contributed by atoms with Crippen LogP contribution in [0.3, 0.4) is 0 Å². The quantitative estimate of drug-likeness (QED) is 0.571. The molecule has 2 fully saturated rings. The van der Waals surface area contributed by atoms with Crippen molar-refractivity contribution in [3.63, 3.8) is 0 Å². The van der Waals surface area contributed by atoms with Crippen molar-refractivity contribution >= 4 is 22.9 Å². The topological polar surface area (TPSA) is 6.48 Å². The highest BCUT2D eigenvalue weighted by Crippen LogP contribution is 2.23. The summed E-state index contributed by atoms with van der Waals surface area (Å²) in [6.07, 6.45) is 4.25. The fourth-order valence-corrected chi connectivity index (χ4v) is 3.38. The third-order valence-electron chi connectivity index (χ3n) is 3.63. The Balaban J connectivity index is 1.70. The first-order chi connectivity index (χ1) is 6.74. The van der Waals surface area contributed by atoms with E-state index in [1.807, 2.05) is 0 Å². The molecule has 0 N–H and O–H groups in total. The van der Waals surface area contributed by atoms with Crippen molar-refractivity contribution in [1.82, 2.24) is 8.01 Å². The number of hydrogen-bond donors (Lipinski definition) is 0. The van der Waals surface area contributed by atoms with Crippen molar-refractivity contribution in [2.75, 3.05) is 32.7 Å². The van der Waals surface area contributed by atoms with Crippen LogP contribution in [-0.4, -0.2) is 40.7 Å². The second-order valence-corrected chi connectivity index (χ2v) is 6.37. The zero-order valence-electron chi connectivity index (χ0n) is 9.08. The molecular weight excluding hydrogens is 287 g/mol. The SMILES string of the molecule is CC1CCN(CC2CCN(I)C2)CC1. The Labute approximate surface area is 102 Å². The molecule has 0 aromatic heterocycles. The van der Waals surface area contributed by atoms with Crippen LogP contribution in [0.1, 0.15) is 26.2 Å². The summed E-state index contributed by atoms with van der Waals surface area (Å²) in [6, 6.07) is 0. The van der Waals surface area contributed by atoms with Gasteiger partial charge in [-0.25, -0.2) is 3.11 Å². The van der Waals surface area contributed by atoms with Crippen molar-refractivity contribution in [3.8, 4) is 0 Å². The molecule has 1 atom stereocenters. The standard InChI is InChI=1S/C11H21IN2/c1-10-2-5-13(6-3-10)8-11-4-7-14(12)9-11/h10-11H,2-9H2,1H3. The summed E-state index contributed by atoms with van der Waals surface area (Å²) in [5.74, 6) is 1.91. The molecule has 14 heavy (non-hydrogen) atoms. The summed E-state index contributed by atoms with van der Waals surface area (Å²) in [5.41, 5.74) is 0. The van der Waals surface area contributed by atoms with Crippen LogP contribution in [-0.2, 0) is 0 Å². The molecule has 3 heteroatoms. The Hall–Kier alpha value is 0.650. The molecule has 2 aliphatic heterocycles. The fourth-order valence-electron chi connectivity index (χ4n) is 2.54. The summed E-state index contributed by atoms with van der Waals surface area (Å²) < 4.78 is 2.44. The van der Waals surface area contributed by atoms with Gasteiger partial charge in [0.05, 0.1) is 0 Å². The van der Waals surface area contributed by atoms with E-state index in [1.165, 1.54) is 52.0 Å². The monoisotopic (exact) mass is 308 g/mol. The van der Waals surface area contributed by atoms with E-state index in [9.17, 15) is 0 Å². The summed E-state index contributed by atoms with van der Waals surface area (Å²) in [7, 11) is 0. The lowest BCUT2D eigenvalue weighted by atomic mass is 9.98. The smallest absolute Gasteiger partial charge is 0.0201 e. The highest BCUT2D eigenvalue weighted by molar-refractivity contribution is 14.1. The summed E-state index contributed by atoms with van der Waals surface area (Å²) in [5, 5.41) is 0. The molecule has 1 unspecified atom stereocenters. The minimum absolute atomic E-state index is 0.945. The maximum absolute atomic E-state index is 2.68. The third kappa shape index (κ3) is 3.07. The van der Waals surface area contributed by atoms with Crippen LogP contribution in [0.25, 0.3) is 0 Å². The van der Waals surface area contributed by atoms with E-state index in [2.05, 4.69) is 37.8 Å². The maximum atomic E-state index is 2.68. The lowest BCUT2D eigenvalue weighted by molar-refractivity contribution is 0.170. The highest BCUT2D eigenvalue weighted by atomic mass is 127. The maximum Gasteiger partial charge on any atom is 0.0201 e. The molecule has 0 amide bonds. The molecule has 0 saturated carbocycles. The summed E-state index contributed by atoms with van der Waals surface area (Å²) in [6.45, 7) is 9.05. The van der Waals surface area contributed by atoms with Gasteiger partial charge in [-0.15, -0.1) is 0 Å². The first-order valence-corrected chi connectivity index (χ1v) is 6.83. The van der Waals surface area contributed by atoms with Crippen molar-refractivity contribution in [2.24, 2.45) is 11.8 Å². The number of halogens is 1. The van der Waals surface area contributed by atoms with E-state index in [0.29, 0.717) is 0 Å². The van der Waals surface area contributed by atoms with Gasteiger partial charge >= 0.3 is 0 Å². The Morgan fingerprint density at radius 2 is 1.86 bits per heavy atom. The summed E-state index contributed by atoms with van der Waals surface area (Å²) >= 11 is 2.46. The molecule has 2 saturated heterocycles. The first kappa shape index (κ1) is 11.1. The minimum Gasteiger partial charge on any atom is -0.303 e. The van der Waals surface area contributed by atoms with E-state index in [4.69, 9.17) is 0 Å². The van der Waals surface area contributed by atoms with Gasteiger partial charge in [0, 0.05) is 42.5 Å². The predicted molar refractivity (Wildman–Crippen MR) is 68.5 cm³/mol. The molecule has 2 aliphatic rings. The molecule has 0 bridgehead atoms. The zero-order chi connectivity index (χ0) is 9.97. The predicted octanol–water partition coefficient (Wildman–Crippen LogP) is 2.39. The molecular formula is C11H21IN2. The van der Waals surface area contributed by atoms with Gasteiger partial charge in [0.15, 0.2) is 0 Å². The van der Waals surface area contributed by atoms with Gasteiger partial charge in [0.2, 0.25) is 0 Å². The van der Waals surface area contributed by atoms with Crippen molar-refractivity contribution in [3.05, 3.63) is 0 Å². The van der Waals surface area contributed by atoms with Crippen LogP contribution in [0.15, 0.2) is 0 Å². The fraction of sp³-hybridized carbons (Fsp3) is 1.00. The molecule has 2 heterocycles. The largest absolute Gasteiger partial charge is 0.303 e. The lowest BCUT2D eigenvalue weighted by Crippen LogP contribution is -2.36. The van der Waals surface area contributed by atoms with Crippen molar-refractivity contribution in [1.29, 1.82) is 0 Å². The van der Waals surface area contributed by atoms with E-state index >= 15 is 0 Å². The molecule has 0 spiro atoms. The number of piperidine rings is 1. The molecule has 0 radical (unpaired) electrons. The Kier molecular flexibility index (Phi) is 4.08. The van der Waals surface area contributed by atoms with Crippen molar-refractivity contribution < 1.29 is 0 Å². The van der Waals surface area contributed by atoms with Gasteiger partial charge in [-0.1, -0.05) is 6.92 Å². The minimum atomic E-state index is 0.945. The normalized spacial score (nSPS) is 32.6. The van der Waals surface area contributed by atoms with Crippen LogP contribution in [0, 0.1) is 11.8 Å². The van der Waals surface area contributed by atoms with E-state index < -0.39 is 0 Å². The van der Waals surface area contributed by atoms with Gasteiger partial charge in [0.1, 0.15) is 0 Å². The second-order valence-electron chi connectivity index (χ2n) is 5.01. The molecule has 0 aromatic carbocycles. The number of hydrogen-bond acceptors (Lipinski definition) is 2. The first-order valence-electron chi connectivity index (χ1n) is 5.87. The van der Waals surface area contributed by atoms with Crippen LogP contribution in [0.2, 0.25) is 0 Å². The Morgan fingerprint density at radius 1 is 1.14 bits per heavy atom. The van der Waals surface area contributed by atoms with Gasteiger partial charge in [-0.05, 0) is 44.2 Å². The van der Waals surface area contributed by atoms with Crippen LogP contribution in [0.4, 0.5) is 0 Å². The van der Waals surface area contributed by atoms with Gasteiger partial charge in [0.25, 0.3) is 0 Å². The van der Waals surface area contributed by atoms with Crippen LogP contribution in [0.5, 0.6) is 0 Å². The van der Waals surface area contributed by atoms with Crippen LogP contribution >= 0.6 is 22.9 Å². The molecule has 0 aromatic rings. The molecule has 2 nitrogen and oxygen atoms in total. The van der Waals surface area contributed by atoms with E-state index in [-0.39, 0.29) is 0 Å². The van der Waals surface area contributed by atoms with E-state index in [1.54, 1.807) is 0 Å². The second kappa shape index (κ2) is 5.12. The number of nitrogens with zero attached hydrogens (tertiary/aromatic N) is 2. The van der Waals surface area contributed by atoms with E-state index in [0.717, 1.165) is 11.8 Å². The lowest BCUT2D eigenvalue weighted by Gasteiger charge is -2.31. The third-order valence-corrected chi connectivity index (χ3v) is 4.51. The average molecular weight is 308 g/mol. The zero-order valence-corrected chi connectivity index (χ0v) is 11.2. The molecule has 2 rings (SSSR count). The Morgan fingerprint density at radius 3 is 2.43 bits per heavy atom. The Bertz CT molecular complexity index is 178. The van der Waals surface area contributed by atoms with Gasteiger partial charge in [-0.2, -0.15) is 0 Å². The summed E-state index contributed by atoms with van der Waals surface area (Å²) in [4.78, 5) is 2.68. The highest BCUT2D eigenvalue weighted by Gasteiger charge is 2.24. The number of likely N-dealkylation sites (tertiary alicyclic amines) is 1. The molecule has 82 valence electrons. The van der Waals surface area contributed by atoms with Crippen molar-refractivity contribution in [2.45, 2.75) is 26.2 Å². The van der Waals surface area contributed by atoms with Gasteiger partial charge in [-0.3, -0.25) is 0 Å². The van der Waals surface area contributed by atoms with Crippen LogP contribution < -0.4 is 0 Å². The molecule has 0 aliphatic carbocycles. The number of rotatable bonds is 2. The average Bonchev–Trinajstić information content (AvgIpc) is 2.56.